The Bertz CT molecular complexity index is 320. The van der Waals surface area contributed by atoms with Crippen molar-refractivity contribution in [1.29, 1.82) is 0 Å². The molecule has 0 amide bonds. The number of nitrogens with two attached hydrogens (primary N) is 1. The van der Waals surface area contributed by atoms with Crippen LogP contribution in [0.3, 0.4) is 0 Å². The van der Waals surface area contributed by atoms with Gasteiger partial charge in [0, 0.05) is 13.1 Å². The highest BCUT2D eigenvalue weighted by molar-refractivity contribution is 5.41. The largest absolute Gasteiger partial charge is 0.382 e. The van der Waals surface area contributed by atoms with E-state index in [1.54, 1.807) is 0 Å². The van der Waals surface area contributed by atoms with Gasteiger partial charge in [0.05, 0.1) is 0 Å². The zero-order valence-electron chi connectivity index (χ0n) is 12.1. The molecule has 4 heteroatoms. The van der Waals surface area contributed by atoms with Crippen LogP contribution in [0.25, 0.3) is 0 Å². The van der Waals surface area contributed by atoms with Crippen LogP contribution in [0.15, 0.2) is 12.1 Å². The SMILES string of the molecule is CC(C)CCN(CCC(C)C)c1ccc(N)nn1. The molecule has 1 aromatic rings. The lowest BCUT2D eigenvalue weighted by Crippen LogP contribution is -2.28. The van der Waals surface area contributed by atoms with Crippen LogP contribution in [0.4, 0.5) is 11.6 Å². The number of nitrogens with zero attached hydrogens (tertiary/aromatic N) is 3. The van der Waals surface area contributed by atoms with Crippen LogP contribution in [0, 0.1) is 11.8 Å². The fraction of sp³-hybridized carbons (Fsp3) is 0.714. The third-order valence-corrected chi connectivity index (χ3v) is 2.95. The van der Waals surface area contributed by atoms with Gasteiger partial charge < -0.3 is 10.6 Å². The molecule has 0 radical (unpaired) electrons. The van der Waals surface area contributed by atoms with Gasteiger partial charge in [-0.1, -0.05) is 27.7 Å². The van der Waals surface area contributed by atoms with Gasteiger partial charge in [0.2, 0.25) is 0 Å². The summed E-state index contributed by atoms with van der Waals surface area (Å²) in [7, 11) is 0. The molecule has 0 aliphatic heterocycles. The van der Waals surface area contributed by atoms with Crippen LogP contribution in [0.5, 0.6) is 0 Å². The van der Waals surface area contributed by atoms with Crippen molar-refractivity contribution in [1.82, 2.24) is 10.2 Å². The summed E-state index contributed by atoms with van der Waals surface area (Å²) in [5.74, 6) is 2.82. The van der Waals surface area contributed by atoms with Crippen molar-refractivity contribution in [2.45, 2.75) is 40.5 Å². The molecule has 0 aliphatic carbocycles. The summed E-state index contributed by atoms with van der Waals surface area (Å²) in [5, 5.41) is 8.13. The molecule has 0 bridgehead atoms. The molecule has 2 N–H and O–H groups in total. The maximum absolute atomic E-state index is 5.58. The molecule has 102 valence electrons. The molecule has 0 saturated heterocycles. The molecule has 1 rings (SSSR count). The molecule has 0 saturated carbocycles. The van der Waals surface area contributed by atoms with E-state index in [9.17, 15) is 0 Å². The van der Waals surface area contributed by atoms with Crippen molar-refractivity contribution in [3.63, 3.8) is 0 Å². The average molecular weight is 250 g/mol. The summed E-state index contributed by atoms with van der Waals surface area (Å²) in [6.07, 6.45) is 2.34. The summed E-state index contributed by atoms with van der Waals surface area (Å²) in [6.45, 7) is 11.0. The number of hydrogen-bond donors (Lipinski definition) is 1. The van der Waals surface area contributed by atoms with Gasteiger partial charge in [-0.25, -0.2) is 0 Å². The number of aromatic nitrogens is 2. The second-order valence-electron chi connectivity index (χ2n) is 5.67. The number of rotatable bonds is 7. The highest BCUT2D eigenvalue weighted by Crippen LogP contribution is 2.15. The summed E-state index contributed by atoms with van der Waals surface area (Å²) >= 11 is 0. The fourth-order valence-electron chi connectivity index (χ4n) is 1.67. The molecule has 1 heterocycles. The molecule has 0 spiro atoms. The van der Waals surface area contributed by atoms with Crippen LogP contribution in [-0.4, -0.2) is 23.3 Å². The number of nitrogen functional groups attached to an aromatic ring is 1. The van der Waals surface area contributed by atoms with E-state index < -0.39 is 0 Å². The van der Waals surface area contributed by atoms with E-state index in [1.165, 1.54) is 12.8 Å². The molecular weight excluding hydrogens is 224 g/mol. The predicted octanol–water partition coefficient (Wildman–Crippen LogP) is 2.96. The topological polar surface area (TPSA) is 55.0 Å². The first-order valence-electron chi connectivity index (χ1n) is 6.83. The fourth-order valence-corrected chi connectivity index (χ4v) is 1.67. The van der Waals surface area contributed by atoms with E-state index in [-0.39, 0.29) is 0 Å². The third-order valence-electron chi connectivity index (χ3n) is 2.95. The molecule has 0 unspecified atom stereocenters. The van der Waals surface area contributed by atoms with E-state index in [0.29, 0.717) is 17.7 Å². The van der Waals surface area contributed by atoms with Gasteiger partial charge in [0.15, 0.2) is 5.82 Å². The van der Waals surface area contributed by atoms with Crippen molar-refractivity contribution in [3.05, 3.63) is 12.1 Å². The maximum atomic E-state index is 5.58. The van der Waals surface area contributed by atoms with Gasteiger partial charge in [0.25, 0.3) is 0 Å². The molecular formula is C14H26N4. The molecule has 0 atom stereocenters. The van der Waals surface area contributed by atoms with Gasteiger partial charge >= 0.3 is 0 Å². The second kappa shape index (κ2) is 7.19. The molecule has 1 aromatic heterocycles. The molecule has 0 aliphatic rings. The highest BCUT2D eigenvalue weighted by atomic mass is 15.3. The zero-order valence-corrected chi connectivity index (χ0v) is 12.1. The third kappa shape index (κ3) is 5.34. The Morgan fingerprint density at radius 3 is 1.94 bits per heavy atom. The van der Waals surface area contributed by atoms with E-state index in [2.05, 4.69) is 42.8 Å². The van der Waals surface area contributed by atoms with Gasteiger partial charge in [-0.05, 0) is 36.8 Å². The molecule has 4 nitrogen and oxygen atoms in total. The Kier molecular flexibility index (Phi) is 5.89. The first-order valence-corrected chi connectivity index (χ1v) is 6.83. The smallest absolute Gasteiger partial charge is 0.151 e. The van der Waals surface area contributed by atoms with Crippen molar-refractivity contribution in [2.24, 2.45) is 11.8 Å². The van der Waals surface area contributed by atoms with Gasteiger partial charge in [0.1, 0.15) is 5.82 Å². The monoisotopic (exact) mass is 250 g/mol. The zero-order chi connectivity index (χ0) is 13.5. The minimum absolute atomic E-state index is 0.478. The van der Waals surface area contributed by atoms with Gasteiger partial charge in [-0.3, -0.25) is 0 Å². The van der Waals surface area contributed by atoms with E-state index in [0.717, 1.165) is 18.9 Å². The lowest BCUT2D eigenvalue weighted by atomic mass is 10.1. The molecule has 0 fully saturated rings. The second-order valence-corrected chi connectivity index (χ2v) is 5.67. The Labute approximate surface area is 111 Å². The van der Waals surface area contributed by atoms with Crippen LogP contribution in [-0.2, 0) is 0 Å². The van der Waals surface area contributed by atoms with Crippen molar-refractivity contribution in [3.8, 4) is 0 Å². The van der Waals surface area contributed by atoms with Gasteiger partial charge in [-0.15, -0.1) is 10.2 Å². The van der Waals surface area contributed by atoms with E-state index >= 15 is 0 Å². The van der Waals surface area contributed by atoms with Crippen molar-refractivity contribution >= 4 is 11.6 Å². The Hall–Kier alpha value is -1.32. The molecule has 0 aromatic carbocycles. The van der Waals surface area contributed by atoms with E-state index in [4.69, 9.17) is 5.73 Å². The quantitative estimate of drug-likeness (QED) is 0.808. The first-order chi connectivity index (χ1) is 8.49. The first kappa shape index (κ1) is 14.7. The van der Waals surface area contributed by atoms with Crippen molar-refractivity contribution < 1.29 is 0 Å². The summed E-state index contributed by atoms with van der Waals surface area (Å²) in [4.78, 5) is 2.31. The maximum Gasteiger partial charge on any atom is 0.151 e. The van der Waals surface area contributed by atoms with E-state index in [1.807, 2.05) is 12.1 Å². The van der Waals surface area contributed by atoms with Crippen LogP contribution >= 0.6 is 0 Å². The highest BCUT2D eigenvalue weighted by Gasteiger charge is 2.10. The number of hydrogen-bond acceptors (Lipinski definition) is 4. The Morgan fingerprint density at radius 2 is 1.56 bits per heavy atom. The van der Waals surface area contributed by atoms with Crippen LogP contribution < -0.4 is 10.6 Å². The van der Waals surface area contributed by atoms with Crippen LogP contribution in [0.1, 0.15) is 40.5 Å². The lowest BCUT2D eigenvalue weighted by Gasteiger charge is -2.25. The average Bonchev–Trinajstić information content (AvgIpc) is 2.30. The minimum atomic E-state index is 0.478. The molecule has 18 heavy (non-hydrogen) atoms. The lowest BCUT2D eigenvalue weighted by molar-refractivity contribution is 0.532. The van der Waals surface area contributed by atoms with Crippen LogP contribution in [0.2, 0.25) is 0 Å². The summed E-state index contributed by atoms with van der Waals surface area (Å²) < 4.78 is 0. The summed E-state index contributed by atoms with van der Waals surface area (Å²) in [5.41, 5.74) is 5.58. The van der Waals surface area contributed by atoms with Crippen molar-refractivity contribution in [2.75, 3.05) is 23.7 Å². The summed E-state index contributed by atoms with van der Waals surface area (Å²) in [6, 6.07) is 3.78. The standard InChI is InChI=1S/C14H26N4/c1-11(2)7-9-18(10-8-12(3)4)14-6-5-13(15)16-17-14/h5-6,11-12H,7-10H2,1-4H3,(H2,15,16). The Morgan fingerprint density at radius 1 is 1.00 bits per heavy atom. The predicted molar refractivity (Wildman–Crippen MR) is 77.6 cm³/mol. The number of anilines is 2. The van der Waals surface area contributed by atoms with Gasteiger partial charge in [-0.2, -0.15) is 0 Å². The minimum Gasteiger partial charge on any atom is -0.382 e. The Balaban J connectivity index is 2.66. The normalized spacial score (nSPS) is 11.2.